The average molecular weight is 388 g/mol. The number of nitrogens with zero attached hydrogens (tertiary/aromatic N) is 5. The third kappa shape index (κ3) is 4.68. The van der Waals surface area contributed by atoms with Crippen molar-refractivity contribution < 1.29 is 4.79 Å². The number of amides is 1. The summed E-state index contributed by atoms with van der Waals surface area (Å²) in [6, 6.07) is 13.8. The van der Waals surface area contributed by atoms with Crippen LogP contribution in [0.4, 0.5) is 11.8 Å². The molecule has 0 spiro atoms. The Morgan fingerprint density at radius 3 is 2.41 bits per heavy atom. The molecule has 1 saturated heterocycles. The van der Waals surface area contributed by atoms with E-state index in [2.05, 4.69) is 56.4 Å². The molecular weight excluding hydrogens is 364 g/mol. The molecule has 0 aliphatic carbocycles. The number of benzene rings is 1. The van der Waals surface area contributed by atoms with Gasteiger partial charge in [0.2, 0.25) is 5.95 Å². The van der Waals surface area contributed by atoms with E-state index in [1.807, 2.05) is 11.0 Å². The Morgan fingerprint density at radius 2 is 1.69 bits per heavy atom. The first-order valence-corrected chi connectivity index (χ1v) is 9.76. The second-order valence-electron chi connectivity index (χ2n) is 7.10. The monoisotopic (exact) mass is 388 g/mol. The lowest BCUT2D eigenvalue weighted by Crippen LogP contribution is -2.49. The summed E-state index contributed by atoms with van der Waals surface area (Å²) in [5.74, 6) is 1.44. The van der Waals surface area contributed by atoms with Crippen molar-refractivity contribution in [3.63, 3.8) is 0 Å². The summed E-state index contributed by atoms with van der Waals surface area (Å²) in [4.78, 5) is 29.8. The van der Waals surface area contributed by atoms with Gasteiger partial charge in [0, 0.05) is 56.9 Å². The number of nitrogens with one attached hydrogen (secondary N) is 1. The van der Waals surface area contributed by atoms with E-state index in [0.717, 1.165) is 13.1 Å². The van der Waals surface area contributed by atoms with Crippen LogP contribution in [0.25, 0.3) is 0 Å². The molecule has 0 atom stereocenters. The highest BCUT2D eigenvalue weighted by Gasteiger charge is 2.23. The first-order valence-electron chi connectivity index (χ1n) is 9.76. The maximum absolute atomic E-state index is 12.9. The fourth-order valence-electron chi connectivity index (χ4n) is 3.31. The van der Waals surface area contributed by atoms with Crippen LogP contribution < -0.4 is 10.2 Å². The minimum absolute atomic E-state index is 0.0272. The molecule has 2 aromatic heterocycles. The van der Waals surface area contributed by atoms with Gasteiger partial charge in [0.25, 0.3) is 5.91 Å². The van der Waals surface area contributed by atoms with E-state index in [1.54, 1.807) is 30.7 Å². The molecule has 7 heteroatoms. The van der Waals surface area contributed by atoms with Gasteiger partial charge in [-0.25, -0.2) is 15.0 Å². The Kier molecular flexibility index (Phi) is 5.65. The number of hydrogen-bond donors (Lipinski definition) is 1. The van der Waals surface area contributed by atoms with Crippen molar-refractivity contribution in [3.8, 4) is 0 Å². The normalized spacial score (nSPS) is 14.0. The molecule has 0 unspecified atom stereocenters. The predicted octanol–water partition coefficient (Wildman–Crippen LogP) is 2.75. The number of carbonyl (C=O) groups excluding carboxylic acids is 1. The van der Waals surface area contributed by atoms with Gasteiger partial charge in [-0.3, -0.25) is 4.79 Å². The van der Waals surface area contributed by atoms with Crippen LogP contribution in [-0.2, 0) is 6.54 Å². The van der Waals surface area contributed by atoms with Gasteiger partial charge < -0.3 is 15.1 Å². The first-order chi connectivity index (χ1) is 14.2. The molecule has 1 aromatic carbocycles. The zero-order valence-electron chi connectivity index (χ0n) is 16.5. The molecule has 1 aliphatic rings. The quantitative estimate of drug-likeness (QED) is 0.724. The van der Waals surface area contributed by atoms with E-state index >= 15 is 0 Å². The van der Waals surface area contributed by atoms with Crippen LogP contribution in [0.15, 0.2) is 61.1 Å². The highest BCUT2D eigenvalue weighted by Crippen LogP contribution is 2.15. The number of carbonyl (C=O) groups is 1. The molecule has 4 rings (SSSR count). The minimum Gasteiger partial charge on any atom is -0.366 e. The van der Waals surface area contributed by atoms with E-state index < -0.39 is 0 Å². The van der Waals surface area contributed by atoms with Crippen LogP contribution in [0.1, 0.15) is 21.5 Å². The van der Waals surface area contributed by atoms with Crippen molar-refractivity contribution in [3.05, 3.63) is 77.7 Å². The van der Waals surface area contributed by atoms with E-state index in [0.29, 0.717) is 37.0 Å². The van der Waals surface area contributed by atoms with Gasteiger partial charge in [-0.1, -0.05) is 29.8 Å². The number of anilines is 2. The topological polar surface area (TPSA) is 74.2 Å². The van der Waals surface area contributed by atoms with Crippen molar-refractivity contribution in [2.75, 3.05) is 36.4 Å². The number of piperazine rings is 1. The Morgan fingerprint density at radius 1 is 0.966 bits per heavy atom. The van der Waals surface area contributed by atoms with Crippen molar-refractivity contribution in [2.45, 2.75) is 13.5 Å². The highest BCUT2D eigenvalue weighted by atomic mass is 16.2. The average Bonchev–Trinajstić information content (AvgIpc) is 2.79. The van der Waals surface area contributed by atoms with Gasteiger partial charge in [0.1, 0.15) is 5.82 Å². The van der Waals surface area contributed by atoms with Crippen molar-refractivity contribution in [1.82, 2.24) is 19.9 Å². The van der Waals surface area contributed by atoms with Crippen LogP contribution >= 0.6 is 0 Å². The number of aryl methyl sites for hydroxylation is 1. The summed E-state index contributed by atoms with van der Waals surface area (Å²) >= 11 is 0. The van der Waals surface area contributed by atoms with E-state index in [4.69, 9.17) is 0 Å². The minimum atomic E-state index is 0.0272. The summed E-state index contributed by atoms with van der Waals surface area (Å²) in [5, 5.41) is 3.30. The number of rotatable bonds is 5. The molecule has 1 aliphatic heterocycles. The van der Waals surface area contributed by atoms with Gasteiger partial charge in [0.05, 0.1) is 0 Å². The Labute approximate surface area is 170 Å². The zero-order valence-corrected chi connectivity index (χ0v) is 16.5. The smallest absolute Gasteiger partial charge is 0.254 e. The number of hydrogen-bond acceptors (Lipinski definition) is 6. The Balaban J connectivity index is 1.35. The van der Waals surface area contributed by atoms with Gasteiger partial charge in [0.15, 0.2) is 0 Å². The van der Waals surface area contributed by atoms with Crippen LogP contribution in [0, 0.1) is 6.92 Å². The van der Waals surface area contributed by atoms with Gasteiger partial charge in [-0.05, 0) is 30.7 Å². The lowest BCUT2D eigenvalue weighted by Gasteiger charge is -2.34. The van der Waals surface area contributed by atoms with Crippen molar-refractivity contribution in [2.24, 2.45) is 0 Å². The summed E-state index contributed by atoms with van der Waals surface area (Å²) in [5.41, 5.74) is 3.06. The van der Waals surface area contributed by atoms with Crippen molar-refractivity contribution in [1.29, 1.82) is 0 Å². The molecule has 0 radical (unpaired) electrons. The largest absolute Gasteiger partial charge is 0.366 e. The molecule has 29 heavy (non-hydrogen) atoms. The van der Waals surface area contributed by atoms with E-state index in [-0.39, 0.29) is 5.91 Å². The molecule has 7 nitrogen and oxygen atoms in total. The zero-order chi connectivity index (χ0) is 20.1. The summed E-state index contributed by atoms with van der Waals surface area (Å²) in [6.45, 7) is 5.47. The summed E-state index contributed by atoms with van der Waals surface area (Å²) < 4.78 is 0. The van der Waals surface area contributed by atoms with E-state index in [1.165, 1.54) is 11.1 Å². The van der Waals surface area contributed by atoms with Gasteiger partial charge >= 0.3 is 0 Å². The molecule has 3 heterocycles. The molecular formula is C22H24N6O. The van der Waals surface area contributed by atoms with Crippen molar-refractivity contribution >= 4 is 17.7 Å². The molecule has 3 aromatic rings. The first kappa shape index (κ1) is 18.9. The van der Waals surface area contributed by atoms with Crippen LogP contribution in [0.3, 0.4) is 0 Å². The second-order valence-corrected chi connectivity index (χ2v) is 7.10. The summed E-state index contributed by atoms with van der Waals surface area (Å²) in [6.07, 6.45) is 5.16. The number of pyridine rings is 1. The third-order valence-electron chi connectivity index (χ3n) is 5.00. The lowest BCUT2D eigenvalue weighted by atomic mass is 10.1. The van der Waals surface area contributed by atoms with Crippen LogP contribution in [0.5, 0.6) is 0 Å². The fraction of sp³-hybridized carbons (Fsp3) is 0.273. The SMILES string of the molecule is Cc1ccc(CNc2cc(C(=O)N3CCN(c4ncccn4)CC3)ccn2)cc1. The van der Waals surface area contributed by atoms with Crippen LogP contribution in [0.2, 0.25) is 0 Å². The van der Waals surface area contributed by atoms with Crippen LogP contribution in [-0.4, -0.2) is 51.9 Å². The standard InChI is InChI=1S/C22H24N6O/c1-17-3-5-18(6-4-17)16-26-20-15-19(7-10-23-20)21(29)27-11-13-28(14-12-27)22-24-8-2-9-25-22/h2-10,15H,11-14,16H2,1H3,(H,23,26). The second kappa shape index (κ2) is 8.68. The number of aromatic nitrogens is 3. The van der Waals surface area contributed by atoms with Gasteiger partial charge in [-0.15, -0.1) is 0 Å². The molecule has 1 N–H and O–H groups in total. The third-order valence-corrected chi connectivity index (χ3v) is 5.00. The fourth-order valence-corrected chi connectivity index (χ4v) is 3.31. The molecule has 148 valence electrons. The molecule has 1 amide bonds. The Hall–Kier alpha value is -3.48. The summed E-state index contributed by atoms with van der Waals surface area (Å²) in [7, 11) is 0. The van der Waals surface area contributed by atoms with Gasteiger partial charge in [-0.2, -0.15) is 0 Å². The Bertz CT molecular complexity index is 953. The maximum Gasteiger partial charge on any atom is 0.254 e. The lowest BCUT2D eigenvalue weighted by molar-refractivity contribution is 0.0746. The molecule has 1 fully saturated rings. The molecule has 0 saturated carbocycles. The predicted molar refractivity (Wildman–Crippen MR) is 113 cm³/mol. The maximum atomic E-state index is 12.9. The highest BCUT2D eigenvalue weighted by molar-refractivity contribution is 5.95. The molecule has 0 bridgehead atoms. The van der Waals surface area contributed by atoms with E-state index in [9.17, 15) is 4.79 Å².